The Kier molecular flexibility index (Phi) is 5.98. The number of hydrogen-bond donors (Lipinski definition) is 1. The molecule has 0 unspecified atom stereocenters. The molecule has 0 bridgehead atoms. The summed E-state index contributed by atoms with van der Waals surface area (Å²) < 4.78 is 10.6. The monoisotopic (exact) mass is 320 g/mol. The Morgan fingerprint density at radius 1 is 1.43 bits per heavy atom. The lowest BCUT2D eigenvalue weighted by Gasteiger charge is -2.24. The summed E-state index contributed by atoms with van der Waals surface area (Å²) in [6.45, 7) is 5.23. The maximum Gasteiger partial charge on any atom is 0.229 e. The minimum atomic E-state index is -0.350. The molecule has 23 heavy (non-hydrogen) atoms. The standard InChI is InChI=1S/C17H24N2O4/c1-4-23-15-8-6-5-7-14(15)18-17(21)13-9-16(20)19(10-13)12(2)11-22-3/h5-8,12-13H,4,9-11H2,1-3H3,(H,18,21)/t12-,13-/m0/s1. The molecule has 126 valence electrons. The molecule has 0 aliphatic carbocycles. The molecule has 2 amide bonds. The highest BCUT2D eigenvalue weighted by Crippen LogP contribution is 2.26. The van der Waals surface area contributed by atoms with Gasteiger partial charge in [0.05, 0.1) is 30.9 Å². The number of anilines is 1. The lowest BCUT2D eigenvalue weighted by molar-refractivity contribution is -0.130. The van der Waals surface area contributed by atoms with E-state index >= 15 is 0 Å². The lowest BCUT2D eigenvalue weighted by Crippen LogP contribution is -2.38. The lowest BCUT2D eigenvalue weighted by atomic mass is 10.1. The second-order valence-corrected chi connectivity index (χ2v) is 5.67. The van der Waals surface area contributed by atoms with Gasteiger partial charge in [-0.3, -0.25) is 9.59 Å². The molecule has 1 aromatic rings. The molecule has 1 N–H and O–H groups in total. The molecule has 1 fully saturated rings. The first-order valence-corrected chi connectivity index (χ1v) is 7.87. The van der Waals surface area contributed by atoms with Gasteiger partial charge in [-0.15, -0.1) is 0 Å². The van der Waals surface area contributed by atoms with Crippen LogP contribution in [0.4, 0.5) is 5.69 Å². The number of hydrogen-bond acceptors (Lipinski definition) is 4. The van der Waals surface area contributed by atoms with Gasteiger partial charge in [0.25, 0.3) is 0 Å². The van der Waals surface area contributed by atoms with E-state index in [2.05, 4.69) is 5.32 Å². The van der Waals surface area contributed by atoms with Gasteiger partial charge in [-0.25, -0.2) is 0 Å². The van der Waals surface area contributed by atoms with E-state index < -0.39 is 0 Å². The fourth-order valence-electron chi connectivity index (χ4n) is 2.75. The van der Waals surface area contributed by atoms with Crippen molar-refractivity contribution in [1.82, 2.24) is 4.90 Å². The summed E-state index contributed by atoms with van der Waals surface area (Å²) in [5.41, 5.74) is 0.634. The minimum Gasteiger partial charge on any atom is -0.492 e. The predicted octanol–water partition coefficient (Wildman–Crippen LogP) is 1.91. The van der Waals surface area contributed by atoms with Crippen molar-refractivity contribution >= 4 is 17.5 Å². The second kappa shape index (κ2) is 7.97. The van der Waals surface area contributed by atoms with Gasteiger partial charge in [-0.05, 0) is 26.0 Å². The van der Waals surface area contributed by atoms with Crippen LogP contribution >= 0.6 is 0 Å². The van der Waals surface area contributed by atoms with Crippen LogP contribution in [-0.4, -0.2) is 49.6 Å². The van der Waals surface area contributed by atoms with Crippen LogP contribution < -0.4 is 10.1 Å². The molecule has 6 nitrogen and oxygen atoms in total. The molecule has 1 saturated heterocycles. The van der Waals surface area contributed by atoms with Crippen molar-refractivity contribution in [1.29, 1.82) is 0 Å². The van der Waals surface area contributed by atoms with Crippen LogP contribution in [-0.2, 0) is 14.3 Å². The maximum atomic E-state index is 12.5. The smallest absolute Gasteiger partial charge is 0.229 e. The van der Waals surface area contributed by atoms with Crippen LogP contribution in [0.1, 0.15) is 20.3 Å². The van der Waals surface area contributed by atoms with Gasteiger partial charge in [0, 0.05) is 20.1 Å². The van der Waals surface area contributed by atoms with E-state index in [4.69, 9.17) is 9.47 Å². The molecule has 2 rings (SSSR count). The first kappa shape index (κ1) is 17.3. The Labute approximate surface area is 136 Å². The average molecular weight is 320 g/mol. The fourth-order valence-corrected chi connectivity index (χ4v) is 2.75. The van der Waals surface area contributed by atoms with Crippen LogP contribution in [0.3, 0.4) is 0 Å². The summed E-state index contributed by atoms with van der Waals surface area (Å²) in [5, 5.41) is 2.88. The van der Waals surface area contributed by atoms with Crippen LogP contribution in [0.5, 0.6) is 5.75 Å². The van der Waals surface area contributed by atoms with Crippen LogP contribution in [0.25, 0.3) is 0 Å². The highest BCUT2D eigenvalue weighted by molar-refractivity contribution is 5.98. The van der Waals surface area contributed by atoms with Gasteiger partial charge < -0.3 is 19.7 Å². The van der Waals surface area contributed by atoms with Crippen LogP contribution in [0.2, 0.25) is 0 Å². The number of amides is 2. The van der Waals surface area contributed by atoms with Crippen molar-refractivity contribution in [3.8, 4) is 5.75 Å². The van der Waals surface area contributed by atoms with Crippen LogP contribution in [0, 0.1) is 5.92 Å². The quantitative estimate of drug-likeness (QED) is 0.833. The zero-order valence-corrected chi connectivity index (χ0v) is 13.9. The third kappa shape index (κ3) is 4.22. The van der Waals surface area contributed by atoms with Crippen molar-refractivity contribution in [3.05, 3.63) is 24.3 Å². The number of nitrogens with one attached hydrogen (secondary N) is 1. The first-order chi connectivity index (χ1) is 11.1. The molecule has 0 spiro atoms. The van der Waals surface area contributed by atoms with Crippen molar-refractivity contribution < 1.29 is 19.1 Å². The largest absolute Gasteiger partial charge is 0.492 e. The Hall–Kier alpha value is -2.08. The molecule has 1 aliphatic heterocycles. The average Bonchev–Trinajstić information content (AvgIpc) is 2.92. The number of carbonyl (C=O) groups excluding carboxylic acids is 2. The number of para-hydroxylation sites is 2. The zero-order chi connectivity index (χ0) is 16.8. The maximum absolute atomic E-state index is 12.5. The summed E-state index contributed by atoms with van der Waals surface area (Å²) in [6.07, 6.45) is 0.233. The van der Waals surface area contributed by atoms with Gasteiger partial charge in [0.2, 0.25) is 11.8 Å². The van der Waals surface area contributed by atoms with E-state index in [0.29, 0.717) is 31.2 Å². The van der Waals surface area contributed by atoms with Gasteiger partial charge in [-0.2, -0.15) is 0 Å². The van der Waals surface area contributed by atoms with Crippen molar-refractivity contribution in [2.24, 2.45) is 5.92 Å². The molecular formula is C17H24N2O4. The normalized spacial score (nSPS) is 18.8. The summed E-state index contributed by atoms with van der Waals surface area (Å²) in [4.78, 5) is 26.3. The number of carbonyl (C=O) groups is 2. The molecule has 2 atom stereocenters. The van der Waals surface area contributed by atoms with E-state index in [0.717, 1.165) is 0 Å². The first-order valence-electron chi connectivity index (χ1n) is 7.87. The van der Waals surface area contributed by atoms with E-state index in [9.17, 15) is 9.59 Å². The van der Waals surface area contributed by atoms with Crippen LogP contribution in [0.15, 0.2) is 24.3 Å². The molecule has 1 aromatic carbocycles. The van der Waals surface area contributed by atoms with E-state index in [-0.39, 0.29) is 30.2 Å². The molecule has 0 saturated carbocycles. The number of nitrogens with zero attached hydrogens (tertiary/aromatic N) is 1. The fraction of sp³-hybridized carbons (Fsp3) is 0.529. The molecular weight excluding hydrogens is 296 g/mol. The van der Waals surface area contributed by atoms with Crippen molar-refractivity contribution in [3.63, 3.8) is 0 Å². The predicted molar refractivity (Wildman–Crippen MR) is 87.4 cm³/mol. The number of ether oxygens (including phenoxy) is 2. The molecule has 6 heteroatoms. The zero-order valence-electron chi connectivity index (χ0n) is 13.9. The molecule has 1 heterocycles. The Balaban J connectivity index is 2.01. The van der Waals surface area contributed by atoms with E-state index in [1.165, 1.54) is 0 Å². The number of methoxy groups -OCH3 is 1. The number of benzene rings is 1. The number of rotatable bonds is 7. The highest BCUT2D eigenvalue weighted by atomic mass is 16.5. The molecule has 0 radical (unpaired) electrons. The molecule has 1 aliphatic rings. The topological polar surface area (TPSA) is 67.9 Å². The summed E-state index contributed by atoms with van der Waals surface area (Å²) in [5.74, 6) is 0.124. The Bertz CT molecular complexity index is 561. The molecule has 0 aromatic heterocycles. The van der Waals surface area contributed by atoms with Gasteiger partial charge >= 0.3 is 0 Å². The SMILES string of the molecule is CCOc1ccccc1NC(=O)[C@H]1CC(=O)N([C@@H](C)COC)C1. The minimum absolute atomic E-state index is 0.00667. The summed E-state index contributed by atoms with van der Waals surface area (Å²) in [6, 6.07) is 7.27. The van der Waals surface area contributed by atoms with Gasteiger partial charge in [-0.1, -0.05) is 12.1 Å². The summed E-state index contributed by atoms with van der Waals surface area (Å²) >= 11 is 0. The second-order valence-electron chi connectivity index (χ2n) is 5.67. The Morgan fingerprint density at radius 2 is 2.17 bits per heavy atom. The van der Waals surface area contributed by atoms with E-state index in [1.807, 2.05) is 32.0 Å². The summed E-state index contributed by atoms with van der Waals surface area (Å²) in [7, 11) is 1.60. The van der Waals surface area contributed by atoms with Gasteiger partial charge in [0.1, 0.15) is 5.75 Å². The van der Waals surface area contributed by atoms with Gasteiger partial charge in [0.15, 0.2) is 0 Å². The van der Waals surface area contributed by atoms with Crippen molar-refractivity contribution in [2.75, 3.05) is 32.2 Å². The highest BCUT2D eigenvalue weighted by Gasteiger charge is 2.36. The number of likely N-dealkylation sites (tertiary alicyclic amines) is 1. The third-order valence-electron chi connectivity index (χ3n) is 3.91. The third-order valence-corrected chi connectivity index (χ3v) is 3.91. The van der Waals surface area contributed by atoms with E-state index in [1.54, 1.807) is 18.1 Å². The van der Waals surface area contributed by atoms with Crippen molar-refractivity contribution in [2.45, 2.75) is 26.3 Å². The Morgan fingerprint density at radius 3 is 2.87 bits per heavy atom.